The topological polar surface area (TPSA) is 12.0 Å². The van der Waals surface area contributed by atoms with E-state index in [1.165, 1.54) is 0 Å². The molecule has 0 aromatic heterocycles. The van der Waals surface area contributed by atoms with E-state index in [1.807, 2.05) is 30.3 Å². The van der Waals surface area contributed by atoms with Gasteiger partial charge in [-0.2, -0.15) is 0 Å². The first-order valence-corrected chi connectivity index (χ1v) is 3.82. The van der Waals surface area contributed by atoms with E-state index >= 15 is 0 Å². The second kappa shape index (κ2) is 10.2. The van der Waals surface area contributed by atoms with Crippen molar-refractivity contribution in [3.8, 4) is 0 Å². The molecule has 1 nitrogen and oxygen atoms in total. The minimum absolute atomic E-state index is 0. The number of hydrogen-bond acceptors (Lipinski definition) is 1. The molecule has 0 radical (unpaired) electrons. The van der Waals surface area contributed by atoms with Crippen molar-refractivity contribution < 1.29 is 64.7 Å². The van der Waals surface area contributed by atoms with Gasteiger partial charge in [-0.15, -0.1) is 0 Å². The fourth-order valence-corrected chi connectivity index (χ4v) is 0.921. The number of benzene rings is 1. The van der Waals surface area contributed by atoms with Crippen LogP contribution < -0.4 is 61.4 Å². The van der Waals surface area contributed by atoms with Crippen molar-refractivity contribution in [2.75, 3.05) is 6.44 Å². The van der Waals surface area contributed by atoms with E-state index in [2.05, 4.69) is 5.32 Å². The van der Waals surface area contributed by atoms with Crippen LogP contribution in [0.4, 0.5) is 8.63 Å². The summed E-state index contributed by atoms with van der Waals surface area (Å²) in [5.74, 6) is 0. The average Bonchev–Trinajstić information content (AvgIpc) is 2.05. The number of nitrogens with one attached hydrogen (secondary N) is 1. The Bertz CT molecular complexity index is 223. The molecule has 0 spiro atoms. The molecule has 1 rings (SSSR count). The Kier molecular flexibility index (Phi) is 12.4. The predicted molar refractivity (Wildman–Crippen MR) is 46.1 cm³/mol. The van der Waals surface area contributed by atoms with Crippen LogP contribution in [0.3, 0.4) is 0 Å². The van der Waals surface area contributed by atoms with Crippen LogP contribution in [-0.4, -0.2) is 13.7 Å². The van der Waals surface area contributed by atoms with E-state index in [-0.39, 0.29) is 62.5 Å². The molecule has 1 aromatic carbocycles. The van der Waals surface area contributed by atoms with Gasteiger partial charge in [0.05, 0.1) is 0 Å². The fraction of sp³-hybridized carbons (Fsp3) is 0.250. The summed E-state index contributed by atoms with van der Waals surface area (Å²) in [6.45, 7) is 0.505. The van der Waals surface area contributed by atoms with E-state index in [1.54, 1.807) is 0 Å². The summed E-state index contributed by atoms with van der Waals surface area (Å²) in [5, 5.41) is 2.65. The monoisotopic (exact) mass is 227 g/mol. The molecule has 6 heteroatoms. The molecule has 0 heterocycles. The first-order valence-electron chi connectivity index (χ1n) is 3.82. The summed E-state index contributed by atoms with van der Waals surface area (Å²) in [6, 6.07) is 9.48. The number of hydrogen-bond donors (Lipinski definition) is 1. The van der Waals surface area contributed by atoms with E-state index < -0.39 is 7.27 Å². The van der Waals surface area contributed by atoms with Crippen LogP contribution in [0.15, 0.2) is 30.3 Å². The zero-order chi connectivity index (χ0) is 8.81. The van der Waals surface area contributed by atoms with Gasteiger partial charge in [0.2, 0.25) is 0 Å². The fourth-order valence-electron chi connectivity index (χ4n) is 0.921. The third-order valence-electron chi connectivity index (χ3n) is 1.47. The van der Waals surface area contributed by atoms with Crippen LogP contribution in [0.5, 0.6) is 0 Å². The smallest absolute Gasteiger partial charge is 1.00 e. The molecule has 0 aliphatic rings. The molecule has 72 valence electrons. The van der Waals surface area contributed by atoms with Crippen LogP contribution in [0, 0.1) is 0 Å². The van der Waals surface area contributed by atoms with Gasteiger partial charge in [0.1, 0.15) is 0 Å². The minimum atomic E-state index is -2.27. The Morgan fingerprint density at radius 2 is 1.71 bits per heavy atom. The van der Waals surface area contributed by atoms with Gasteiger partial charge in [-0.1, -0.05) is 30.3 Å². The van der Waals surface area contributed by atoms with Crippen molar-refractivity contribution in [3.05, 3.63) is 35.9 Å². The van der Waals surface area contributed by atoms with Crippen molar-refractivity contribution in [3.63, 3.8) is 0 Å². The number of halogens is 3. The molecule has 1 aromatic rings. The van der Waals surface area contributed by atoms with Gasteiger partial charge in [-0.05, 0) is 5.56 Å². The zero-order valence-corrected chi connectivity index (χ0v) is 11.1. The normalized spacial score (nSPS) is 8.43. The van der Waals surface area contributed by atoms with Crippen molar-refractivity contribution in [1.29, 1.82) is 0 Å². The Balaban J connectivity index is 0. The first kappa shape index (κ1) is 17.1. The van der Waals surface area contributed by atoms with Crippen LogP contribution in [0.25, 0.3) is 0 Å². The Morgan fingerprint density at radius 1 is 1.14 bits per heavy atom. The molecular formula is C8H10BF3KN. The zero-order valence-electron chi connectivity index (χ0n) is 8.01. The van der Waals surface area contributed by atoms with Gasteiger partial charge in [0.15, 0.2) is 0 Å². The summed E-state index contributed by atoms with van der Waals surface area (Å²) in [5.41, 5.74) is 1.03. The summed E-state index contributed by atoms with van der Waals surface area (Å²) in [7, 11) is -2.27. The van der Waals surface area contributed by atoms with E-state index in [4.69, 9.17) is 0 Å². The quantitative estimate of drug-likeness (QED) is 0.514. The molecule has 0 aliphatic carbocycles. The van der Waals surface area contributed by atoms with Gasteiger partial charge in [0.25, 0.3) is 0 Å². The maximum Gasteiger partial charge on any atom is 1.00 e. The SMILES string of the molecule is FB(F)CNCc1ccccc1.[F-].[K+]. The summed E-state index contributed by atoms with van der Waals surface area (Å²) < 4.78 is 23.4. The Morgan fingerprint density at radius 3 is 2.21 bits per heavy atom. The standard InChI is InChI=1S/C8H10BF2N.FH.K/c10-9(11)7-12-6-8-4-2-1-3-5-8;;/h1-5,12H,6-7H2;1H;/q;;+1/p-1. The second-order valence-corrected chi connectivity index (χ2v) is 2.51. The Hall–Kier alpha value is 0.671. The molecule has 0 saturated carbocycles. The van der Waals surface area contributed by atoms with E-state index in [0.717, 1.165) is 5.56 Å². The predicted octanol–water partition coefficient (Wildman–Crippen LogP) is -4.25. The maximum absolute atomic E-state index is 11.7. The summed E-state index contributed by atoms with van der Waals surface area (Å²) in [4.78, 5) is 0. The van der Waals surface area contributed by atoms with Crippen molar-refractivity contribution >= 4 is 7.27 Å². The molecule has 0 bridgehead atoms. The molecule has 0 saturated heterocycles. The second-order valence-electron chi connectivity index (χ2n) is 2.51. The first-order chi connectivity index (χ1) is 5.79. The average molecular weight is 227 g/mol. The molecule has 0 amide bonds. The molecule has 0 aliphatic heterocycles. The van der Waals surface area contributed by atoms with Gasteiger partial charge in [-0.25, -0.2) is 0 Å². The van der Waals surface area contributed by atoms with Crippen molar-refractivity contribution in [2.24, 2.45) is 0 Å². The van der Waals surface area contributed by atoms with Crippen molar-refractivity contribution in [1.82, 2.24) is 5.32 Å². The van der Waals surface area contributed by atoms with Gasteiger partial charge < -0.3 is 10.0 Å². The third kappa shape index (κ3) is 8.02. The maximum atomic E-state index is 11.7. The molecule has 1 N–H and O–H groups in total. The van der Waals surface area contributed by atoms with Crippen LogP contribution in [0.1, 0.15) is 5.56 Å². The molecule has 0 unspecified atom stereocenters. The van der Waals surface area contributed by atoms with Gasteiger partial charge in [-0.3, -0.25) is 8.63 Å². The van der Waals surface area contributed by atoms with Gasteiger partial charge in [0, 0.05) is 13.0 Å². The third-order valence-corrected chi connectivity index (χ3v) is 1.47. The minimum Gasteiger partial charge on any atom is -1.00 e. The van der Waals surface area contributed by atoms with Crippen LogP contribution in [0.2, 0.25) is 0 Å². The van der Waals surface area contributed by atoms with Crippen LogP contribution in [-0.2, 0) is 6.54 Å². The summed E-state index contributed by atoms with van der Waals surface area (Å²) in [6.07, 6.45) is -0.241. The number of rotatable bonds is 4. The van der Waals surface area contributed by atoms with E-state index in [9.17, 15) is 8.63 Å². The van der Waals surface area contributed by atoms with Gasteiger partial charge >= 0.3 is 58.7 Å². The molecule has 0 fully saturated rings. The van der Waals surface area contributed by atoms with Crippen LogP contribution >= 0.6 is 0 Å². The molecular weight excluding hydrogens is 217 g/mol. The summed E-state index contributed by atoms with van der Waals surface area (Å²) >= 11 is 0. The molecule has 14 heavy (non-hydrogen) atoms. The van der Waals surface area contributed by atoms with Crippen molar-refractivity contribution in [2.45, 2.75) is 6.54 Å². The van der Waals surface area contributed by atoms with E-state index in [0.29, 0.717) is 6.54 Å². The largest absolute Gasteiger partial charge is 1.00 e. The Labute approximate surface area is 125 Å². The molecule has 0 atom stereocenters.